The molecule has 0 aliphatic heterocycles. The van der Waals surface area contributed by atoms with E-state index in [1.807, 2.05) is 13.8 Å². The van der Waals surface area contributed by atoms with Crippen LogP contribution in [0.5, 0.6) is 0 Å². The van der Waals surface area contributed by atoms with Crippen LogP contribution in [0.25, 0.3) is 0 Å². The molecule has 2 amide bonds. The molecule has 2 unspecified atom stereocenters. The molecule has 0 aromatic carbocycles. The molecular weight excluding hydrogens is 254 g/mol. The van der Waals surface area contributed by atoms with Crippen molar-refractivity contribution in [1.29, 1.82) is 0 Å². The largest absolute Gasteiger partial charge is 0.354 e. The fourth-order valence-corrected chi connectivity index (χ4v) is 2.58. The lowest BCUT2D eigenvalue weighted by molar-refractivity contribution is -0.126. The Morgan fingerprint density at radius 3 is 2.60 bits per heavy atom. The number of hydrogen-bond acceptors (Lipinski definition) is 3. The first-order valence-corrected chi connectivity index (χ1v) is 7.76. The van der Waals surface area contributed by atoms with Crippen LogP contribution < -0.4 is 16.4 Å². The van der Waals surface area contributed by atoms with Crippen molar-refractivity contribution in [3.8, 4) is 0 Å². The standard InChI is InChI=1S/C15H29N3O2/c1-11(2)9-17-15(20)10-18-14(19)7-6-12-4-3-5-13(16)8-12/h11-13H,3-10,16H2,1-2H3,(H,17,20)(H,18,19). The molecule has 1 aliphatic rings. The second kappa shape index (κ2) is 8.95. The van der Waals surface area contributed by atoms with Crippen LogP contribution in [-0.4, -0.2) is 30.9 Å². The molecule has 0 aromatic heterocycles. The zero-order chi connectivity index (χ0) is 15.0. The number of nitrogens with two attached hydrogens (primary N) is 1. The minimum Gasteiger partial charge on any atom is -0.354 e. The van der Waals surface area contributed by atoms with Gasteiger partial charge in [-0.2, -0.15) is 0 Å². The highest BCUT2D eigenvalue weighted by molar-refractivity contribution is 5.84. The van der Waals surface area contributed by atoms with E-state index in [1.54, 1.807) is 0 Å². The summed E-state index contributed by atoms with van der Waals surface area (Å²) in [6.45, 7) is 4.80. The van der Waals surface area contributed by atoms with Crippen molar-refractivity contribution in [2.24, 2.45) is 17.6 Å². The van der Waals surface area contributed by atoms with E-state index in [4.69, 9.17) is 5.73 Å². The molecular formula is C15H29N3O2. The number of carbonyl (C=O) groups is 2. The van der Waals surface area contributed by atoms with E-state index in [-0.39, 0.29) is 18.4 Å². The van der Waals surface area contributed by atoms with Gasteiger partial charge in [-0.3, -0.25) is 9.59 Å². The summed E-state index contributed by atoms with van der Waals surface area (Å²) in [6.07, 6.45) is 5.86. The lowest BCUT2D eigenvalue weighted by atomic mass is 9.83. The summed E-state index contributed by atoms with van der Waals surface area (Å²) in [5, 5.41) is 5.45. The van der Waals surface area contributed by atoms with Gasteiger partial charge in [-0.15, -0.1) is 0 Å². The predicted octanol–water partition coefficient (Wildman–Crippen LogP) is 1.17. The van der Waals surface area contributed by atoms with Crippen LogP contribution in [0, 0.1) is 11.8 Å². The van der Waals surface area contributed by atoms with Crippen molar-refractivity contribution >= 4 is 11.8 Å². The summed E-state index contributed by atoms with van der Waals surface area (Å²) in [6, 6.07) is 0.304. The Morgan fingerprint density at radius 1 is 1.20 bits per heavy atom. The molecule has 5 nitrogen and oxygen atoms in total. The molecule has 4 N–H and O–H groups in total. The third kappa shape index (κ3) is 7.48. The van der Waals surface area contributed by atoms with E-state index < -0.39 is 0 Å². The van der Waals surface area contributed by atoms with E-state index in [9.17, 15) is 9.59 Å². The first-order chi connectivity index (χ1) is 9.47. The van der Waals surface area contributed by atoms with Gasteiger partial charge in [-0.1, -0.05) is 26.7 Å². The third-order valence-electron chi connectivity index (χ3n) is 3.76. The summed E-state index contributed by atoms with van der Waals surface area (Å²) in [5.41, 5.74) is 5.93. The molecule has 0 aromatic rings. The van der Waals surface area contributed by atoms with Crippen molar-refractivity contribution in [3.05, 3.63) is 0 Å². The number of hydrogen-bond donors (Lipinski definition) is 3. The topological polar surface area (TPSA) is 84.2 Å². The minimum absolute atomic E-state index is 0.0381. The van der Waals surface area contributed by atoms with Crippen molar-refractivity contribution < 1.29 is 9.59 Å². The van der Waals surface area contributed by atoms with Gasteiger partial charge in [-0.25, -0.2) is 0 Å². The van der Waals surface area contributed by atoms with Gasteiger partial charge in [0.25, 0.3) is 0 Å². The predicted molar refractivity (Wildman–Crippen MR) is 80.0 cm³/mol. The highest BCUT2D eigenvalue weighted by atomic mass is 16.2. The Bertz CT molecular complexity index is 318. The number of nitrogens with one attached hydrogen (secondary N) is 2. The Labute approximate surface area is 122 Å². The molecule has 20 heavy (non-hydrogen) atoms. The van der Waals surface area contributed by atoms with Crippen LogP contribution >= 0.6 is 0 Å². The molecule has 1 rings (SSSR count). The lowest BCUT2D eigenvalue weighted by Gasteiger charge is -2.26. The maximum atomic E-state index is 11.7. The SMILES string of the molecule is CC(C)CNC(=O)CNC(=O)CCC1CCCC(N)C1. The highest BCUT2D eigenvalue weighted by Crippen LogP contribution is 2.26. The van der Waals surface area contributed by atoms with Gasteiger partial charge in [0.05, 0.1) is 6.54 Å². The fourth-order valence-electron chi connectivity index (χ4n) is 2.58. The summed E-state index contributed by atoms with van der Waals surface area (Å²) in [5.74, 6) is 0.833. The van der Waals surface area contributed by atoms with Crippen LogP contribution in [0.15, 0.2) is 0 Å². The molecule has 0 bridgehead atoms. The van der Waals surface area contributed by atoms with Crippen LogP contribution in [0.4, 0.5) is 0 Å². The second-order valence-corrected chi connectivity index (χ2v) is 6.31. The molecule has 1 aliphatic carbocycles. The normalized spacial score (nSPS) is 22.6. The molecule has 1 fully saturated rings. The first-order valence-electron chi connectivity index (χ1n) is 7.76. The van der Waals surface area contributed by atoms with E-state index in [2.05, 4.69) is 10.6 Å². The van der Waals surface area contributed by atoms with Gasteiger partial charge in [0.1, 0.15) is 0 Å². The van der Waals surface area contributed by atoms with Gasteiger partial charge < -0.3 is 16.4 Å². The summed E-state index contributed by atoms with van der Waals surface area (Å²) < 4.78 is 0. The zero-order valence-electron chi connectivity index (χ0n) is 12.8. The summed E-state index contributed by atoms with van der Waals surface area (Å²) in [7, 11) is 0. The molecule has 0 saturated heterocycles. The Kier molecular flexibility index (Phi) is 7.59. The van der Waals surface area contributed by atoms with Crippen LogP contribution in [0.2, 0.25) is 0 Å². The molecule has 2 atom stereocenters. The molecule has 0 radical (unpaired) electrons. The van der Waals surface area contributed by atoms with Gasteiger partial charge >= 0.3 is 0 Å². The maximum Gasteiger partial charge on any atom is 0.239 e. The highest BCUT2D eigenvalue weighted by Gasteiger charge is 2.19. The lowest BCUT2D eigenvalue weighted by Crippen LogP contribution is -2.38. The van der Waals surface area contributed by atoms with Crippen LogP contribution in [0.3, 0.4) is 0 Å². The van der Waals surface area contributed by atoms with Crippen molar-refractivity contribution in [2.75, 3.05) is 13.1 Å². The first kappa shape index (κ1) is 17.0. The Morgan fingerprint density at radius 2 is 1.95 bits per heavy atom. The molecule has 0 spiro atoms. The van der Waals surface area contributed by atoms with Crippen molar-refractivity contribution in [1.82, 2.24) is 10.6 Å². The van der Waals surface area contributed by atoms with E-state index in [1.165, 1.54) is 12.8 Å². The minimum atomic E-state index is -0.119. The summed E-state index contributed by atoms with van der Waals surface area (Å²) >= 11 is 0. The van der Waals surface area contributed by atoms with E-state index in [0.717, 1.165) is 19.3 Å². The average molecular weight is 283 g/mol. The zero-order valence-corrected chi connectivity index (χ0v) is 12.8. The molecule has 0 heterocycles. The summed E-state index contributed by atoms with van der Waals surface area (Å²) in [4.78, 5) is 23.1. The number of rotatable bonds is 7. The fraction of sp³-hybridized carbons (Fsp3) is 0.867. The monoisotopic (exact) mass is 283 g/mol. The quantitative estimate of drug-likeness (QED) is 0.656. The smallest absolute Gasteiger partial charge is 0.239 e. The van der Waals surface area contributed by atoms with Gasteiger partial charge in [-0.05, 0) is 31.1 Å². The van der Waals surface area contributed by atoms with Gasteiger partial charge in [0, 0.05) is 19.0 Å². The van der Waals surface area contributed by atoms with Gasteiger partial charge in [0.15, 0.2) is 0 Å². The Balaban J connectivity index is 2.09. The van der Waals surface area contributed by atoms with Crippen LogP contribution in [0.1, 0.15) is 52.4 Å². The maximum absolute atomic E-state index is 11.7. The van der Waals surface area contributed by atoms with E-state index >= 15 is 0 Å². The molecule has 116 valence electrons. The van der Waals surface area contributed by atoms with Gasteiger partial charge in [0.2, 0.25) is 11.8 Å². The molecule has 5 heteroatoms. The molecule has 1 saturated carbocycles. The van der Waals surface area contributed by atoms with Crippen molar-refractivity contribution in [3.63, 3.8) is 0 Å². The Hall–Kier alpha value is -1.10. The number of carbonyl (C=O) groups excluding carboxylic acids is 2. The second-order valence-electron chi connectivity index (χ2n) is 6.31. The van der Waals surface area contributed by atoms with Crippen molar-refractivity contribution in [2.45, 2.75) is 58.4 Å². The number of amides is 2. The van der Waals surface area contributed by atoms with E-state index in [0.29, 0.717) is 30.8 Å². The van der Waals surface area contributed by atoms with Crippen LogP contribution in [-0.2, 0) is 9.59 Å². The average Bonchev–Trinajstić information content (AvgIpc) is 2.40. The third-order valence-corrected chi connectivity index (χ3v) is 3.76.